The number of aryl methyl sites for hydroxylation is 1. The molecule has 0 unspecified atom stereocenters. The van der Waals surface area contributed by atoms with Crippen molar-refractivity contribution >= 4 is 28.3 Å². The molecule has 0 aliphatic carbocycles. The third kappa shape index (κ3) is 3.60. The van der Waals surface area contributed by atoms with Crippen molar-refractivity contribution in [1.82, 2.24) is 9.88 Å². The molecule has 1 fully saturated rings. The highest BCUT2D eigenvalue weighted by molar-refractivity contribution is 7.17. The third-order valence-corrected chi connectivity index (χ3v) is 4.68. The van der Waals surface area contributed by atoms with E-state index in [4.69, 9.17) is 4.74 Å². The first kappa shape index (κ1) is 16.5. The summed E-state index contributed by atoms with van der Waals surface area (Å²) in [5, 5.41) is 2.99. The Morgan fingerprint density at radius 2 is 1.92 bits per heavy atom. The Bertz CT molecular complexity index is 754. The molecule has 1 aromatic heterocycles. The molecule has 0 atom stereocenters. The molecule has 3 rings (SSSR count). The molecule has 0 bridgehead atoms. The van der Waals surface area contributed by atoms with Gasteiger partial charge >= 0.3 is 0 Å². The van der Waals surface area contributed by atoms with Gasteiger partial charge in [0, 0.05) is 18.7 Å². The number of carbonyl (C=O) groups excluding carboxylic acids is 2. The first-order valence-electron chi connectivity index (χ1n) is 7.46. The van der Waals surface area contributed by atoms with Gasteiger partial charge in [-0.3, -0.25) is 14.9 Å². The van der Waals surface area contributed by atoms with E-state index in [0.717, 1.165) is 11.3 Å². The Morgan fingerprint density at radius 3 is 2.58 bits per heavy atom. The summed E-state index contributed by atoms with van der Waals surface area (Å²) < 4.78 is 18.1. The maximum absolute atomic E-state index is 12.9. The lowest BCUT2D eigenvalue weighted by atomic mass is 10.2. The van der Waals surface area contributed by atoms with Crippen LogP contribution in [0, 0.1) is 12.7 Å². The van der Waals surface area contributed by atoms with E-state index in [-0.39, 0.29) is 5.91 Å². The first-order chi connectivity index (χ1) is 11.5. The van der Waals surface area contributed by atoms with Crippen LogP contribution < -0.4 is 5.32 Å². The number of amides is 2. The second kappa shape index (κ2) is 7.06. The molecular weight excluding hydrogens is 333 g/mol. The van der Waals surface area contributed by atoms with Gasteiger partial charge in [0.1, 0.15) is 10.7 Å². The van der Waals surface area contributed by atoms with Gasteiger partial charge in [-0.15, -0.1) is 0 Å². The lowest BCUT2D eigenvalue weighted by molar-refractivity contribution is 0.0305. The van der Waals surface area contributed by atoms with Crippen molar-refractivity contribution in [3.63, 3.8) is 0 Å². The number of nitrogens with zero attached hydrogens (tertiary/aromatic N) is 2. The molecule has 2 aromatic rings. The molecule has 2 amide bonds. The molecule has 1 aliphatic heterocycles. The number of nitrogens with one attached hydrogen (secondary N) is 1. The largest absolute Gasteiger partial charge is 0.378 e. The summed E-state index contributed by atoms with van der Waals surface area (Å²) in [5.41, 5.74) is 0.899. The van der Waals surface area contributed by atoms with Crippen molar-refractivity contribution in [2.75, 3.05) is 31.6 Å². The number of anilines is 1. The fourth-order valence-corrected chi connectivity index (χ4v) is 3.26. The van der Waals surface area contributed by atoms with Crippen LogP contribution in [-0.4, -0.2) is 48.0 Å². The number of ether oxygens (including phenoxy) is 1. The van der Waals surface area contributed by atoms with E-state index in [2.05, 4.69) is 10.3 Å². The molecule has 1 aliphatic rings. The number of rotatable bonds is 3. The van der Waals surface area contributed by atoms with E-state index >= 15 is 0 Å². The van der Waals surface area contributed by atoms with E-state index in [9.17, 15) is 14.0 Å². The van der Waals surface area contributed by atoms with E-state index in [1.165, 1.54) is 24.3 Å². The van der Waals surface area contributed by atoms with Crippen molar-refractivity contribution < 1.29 is 18.7 Å². The zero-order valence-corrected chi connectivity index (χ0v) is 13.9. The van der Waals surface area contributed by atoms with Gasteiger partial charge < -0.3 is 9.64 Å². The van der Waals surface area contributed by atoms with Crippen LogP contribution in [-0.2, 0) is 4.74 Å². The molecule has 8 heteroatoms. The Kier molecular flexibility index (Phi) is 4.86. The summed E-state index contributed by atoms with van der Waals surface area (Å²) in [6, 6.07) is 5.22. The van der Waals surface area contributed by atoms with Gasteiger partial charge in [0.05, 0.1) is 18.9 Å². The number of halogens is 1. The molecule has 6 nitrogen and oxygen atoms in total. The van der Waals surface area contributed by atoms with Crippen LogP contribution in [0.15, 0.2) is 24.3 Å². The van der Waals surface area contributed by atoms with Crippen LogP contribution in [0.2, 0.25) is 0 Å². The number of benzene rings is 1. The van der Waals surface area contributed by atoms with Gasteiger partial charge in [-0.2, -0.15) is 0 Å². The summed E-state index contributed by atoms with van der Waals surface area (Å²) in [4.78, 5) is 31.1. The van der Waals surface area contributed by atoms with Crippen molar-refractivity contribution in [2.45, 2.75) is 6.92 Å². The van der Waals surface area contributed by atoms with E-state index < -0.39 is 11.7 Å². The average molecular weight is 349 g/mol. The minimum Gasteiger partial charge on any atom is -0.378 e. The lowest BCUT2D eigenvalue weighted by Crippen LogP contribution is -2.40. The van der Waals surface area contributed by atoms with Gasteiger partial charge in [-0.05, 0) is 31.2 Å². The van der Waals surface area contributed by atoms with Crippen molar-refractivity contribution in [3.8, 4) is 0 Å². The Labute approximate surface area is 142 Å². The van der Waals surface area contributed by atoms with Gasteiger partial charge in [0.2, 0.25) is 0 Å². The maximum Gasteiger partial charge on any atom is 0.266 e. The number of aromatic nitrogens is 1. The normalized spacial score (nSPS) is 14.5. The van der Waals surface area contributed by atoms with E-state index in [1.807, 2.05) is 0 Å². The number of hydrogen-bond acceptors (Lipinski definition) is 5. The van der Waals surface area contributed by atoms with E-state index in [1.54, 1.807) is 11.8 Å². The second-order valence-electron chi connectivity index (χ2n) is 5.30. The molecule has 1 aromatic carbocycles. The zero-order valence-electron chi connectivity index (χ0n) is 13.0. The second-order valence-corrected chi connectivity index (χ2v) is 6.30. The van der Waals surface area contributed by atoms with Crippen LogP contribution in [0.5, 0.6) is 0 Å². The molecule has 126 valence electrons. The Balaban J connectivity index is 1.72. The Morgan fingerprint density at radius 1 is 1.25 bits per heavy atom. The summed E-state index contributed by atoms with van der Waals surface area (Å²) in [7, 11) is 0. The van der Waals surface area contributed by atoms with Gasteiger partial charge in [-0.1, -0.05) is 11.3 Å². The standard InChI is InChI=1S/C16H16FN3O3S/c1-10-13(15(22)20-6-8-23-9-7-20)24-16(18-10)19-14(21)11-2-4-12(17)5-3-11/h2-5H,6-9H2,1H3,(H,18,19,21). The van der Waals surface area contributed by atoms with Crippen molar-refractivity contribution in [3.05, 3.63) is 46.2 Å². The molecule has 0 spiro atoms. The third-order valence-electron chi connectivity index (χ3n) is 3.62. The van der Waals surface area contributed by atoms with Crippen molar-refractivity contribution in [2.24, 2.45) is 0 Å². The topological polar surface area (TPSA) is 71.5 Å². The maximum atomic E-state index is 12.9. The minimum absolute atomic E-state index is 0.101. The predicted octanol–water partition coefficient (Wildman–Crippen LogP) is 2.32. The van der Waals surface area contributed by atoms with Crippen LogP contribution in [0.1, 0.15) is 25.7 Å². The SMILES string of the molecule is Cc1nc(NC(=O)c2ccc(F)cc2)sc1C(=O)N1CCOCC1. The highest BCUT2D eigenvalue weighted by Crippen LogP contribution is 2.25. The molecule has 1 saturated heterocycles. The van der Waals surface area contributed by atoms with Crippen LogP contribution >= 0.6 is 11.3 Å². The molecule has 24 heavy (non-hydrogen) atoms. The Hall–Kier alpha value is -2.32. The average Bonchev–Trinajstić information content (AvgIpc) is 2.95. The monoisotopic (exact) mass is 349 g/mol. The van der Waals surface area contributed by atoms with Gasteiger partial charge in [0.15, 0.2) is 5.13 Å². The zero-order chi connectivity index (χ0) is 17.1. The number of thiazole rings is 1. The fourth-order valence-electron chi connectivity index (χ4n) is 2.33. The molecule has 1 N–H and O–H groups in total. The van der Waals surface area contributed by atoms with Crippen LogP contribution in [0.3, 0.4) is 0 Å². The van der Waals surface area contributed by atoms with E-state index in [0.29, 0.717) is 47.6 Å². The molecule has 2 heterocycles. The lowest BCUT2D eigenvalue weighted by Gasteiger charge is -2.26. The predicted molar refractivity (Wildman–Crippen MR) is 87.9 cm³/mol. The fraction of sp³-hybridized carbons (Fsp3) is 0.312. The number of carbonyl (C=O) groups is 2. The molecule has 0 saturated carbocycles. The summed E-state index contributed by atoms with van der Waals surface area (Å²) in [6.45, 7) is 3.88. The van der Waals surface area contributed by atoms with Crippen molar-refractivity contribution in [1.29, 1.82) is 0 Å². The van der Waals surface area contributed by atoms with Crippen LogP contribution in [0.4, 0.5) is 9.52 Å². The van der Waals surface area contributed by atoms with Gasteiger partial charge in [-0.25, -0.2) is 9.37 Å². The summed E-state index contributed by atoms with van der Waals surface area (Å²) in [5.74, 6) is -0.903. The smallest absolute Gasteiger partial charge is 0.266 e. The highest BCUT2D eigenvalue weighted by Gasteiger charge is 2.23. The minimum atomic E-state index is -0.407. The number of morpholine rings is 1. The summed E-state index contributed by atoms with van der Waals surface area (Å²) in [6.07, 6.45) is 0. The molecular formula is C16H16FN3O3S. The number of hydrogen-bond donors (Lipinski definition) is 1. The van der Waals surface area contributed by atoms with Gasteiger partial charge in [0.25, 0.3) is 11.8 Å². The van der Waals surface area contributed by atoms with Crippen LogP contribution in [0.25, 0.3) is 0 Å². The molecule has 0 radical (unpaired) electrons. The quantitative estimate of drug-likeness (QED) is 0.923. The highest BCUT2D eigenvalue weighted by atomic mass is 32.1. The summed E-state index contributed by atoms with van der Waals surface area (Å²) >= 11 is 1.14. The first-order valence-corrected chi connectivity index (χ1v) is 8.27.